The molecule has 1 aliphatic heterocycles. The first kappa shape index (κ1) is 15.5. The molecule has 2 atom stereocenters. The van der Waals surface area contributed by atoms with Gasteiger partial charge in [-0.2, -0.15) is 0 Å². The normalized spacial score (nSPS) is 22.7. The molecule has 0 aromatic heterocycles. The highest BCUT2D eigenvalue weighted by Gasteiger charge is 2.30. The van der Waals surface area contributed by atoms with Crippen LogP contribution in [0.3, 0.4) is 0 Å². The average molecular weight is 290 g/mol. The molecule has 114 valence electrons. The number of carbonyl (C=O) groups is 2. The molecule has 1 fully saturated rings. The Morgan fingerprint density at radius 1 is 1.33 bits per heavy atom. The second-order valence-corrected chi connectivity index (χ2v) is 5.64. The number of nitrogens with zero attached hydrogens (tertiary/aromatic N) is 1. The largest absolute Gasteiger partial charge is 0.481 e. The molecule has 5 nitrogen and oxygen atoms in total. The summed E-state index contributed by atoms with van der Waals surface area (Å²) in [4.78, 5) is 25.0. The van der Waals surface area contributed by atoms with Crippen molar-refractivity contribution in [3.63, 3.8) is 0 Å². The zero-order valence-electron chi connectivity index (χ0n) is 12.3. The molecule has 0 spiro atoms. The van der Waals surface area contributed by atoms with Crippen molar-refractivity contribution in [1.82, 2.24) is 10.2 Å². The Morgan fingerprint density at radius 2 is 2.05 bits per heavy atom. The van der Waals surface area contributed by atoms with Crippen LogP contribution in [0.2, 0.25) is 0 Å². The van der Waals surface area contributed by atoms with Crippen LogP contribution in [0, 0.1) is 5.92 Å². The van der Waals surface area contributed by atoms with Crippen molar-refractivity contribution in [2.24, 2.45) is 5.92 Å². The van der Waals surface area contributed by atoms with E-state index in [2.05, 4.69) is 10.2 Å². The van der Waals surface area contributed by atoms with Crippen LogP contribution < -0.4 is 5.32 Å². The maximum absolute atomic E-state index is 12.0. The van der Waals surface area contributed by atoms with E-state index in [0.29, 0.717) is 32.5 Å². The molecular weight excluding hydrogens is 268 g/mol. The minimum atomic E-state index is -0.727. The predicted octanol–water partition coefficient (Wildman–Crippen LogP) is 1.49. The van der Waals surface area contributed by atoms with Crippen molar-refractivity contribution < 1.29 is 14.7 Å². The summed E-state index contributed by atoms with van der Waals surface area (Å²) in [6.07, 6.45) is 1.23. The number of likely N-dealkylation sites (tertiary alicyclic amines) is 1. The SMILES string of the molecule is CC1CC(C(=O)O)CCN1CC(=O)NCc1ccccc1. The Bertz CT molecular complexity index is 490. The number of carboxylic acid groups (broad SMARTS) is 1. The van der Waals surface area contributed by atoms with Crippen LogP contribution in [0.25, 0.3) is 0 Å². The standard InChI is InChI=1S/C16H22N2O3/c1-12-9-14(16(20)21)7-8-18(12)11-15(19)17-10-13-5-3-2-4-6-13/h2-6,12,14H,7-11H2,1H3,(H,17,19)(H,20,21). The number of carboxylic acids is 1. The molecule has 1 heterocycles. The van der Waals surface area contributed by atoms with E-state index in [1.165, 1.54) is 0 Å². The fourth-order valence-corrected chi connectivity index (χ4v) is 2.72. The quantitative estimate of drug-likeness (QED) is 0.862. The number of nitrogens with one attached hydrogen (secondary N) is 1. The molecule has 1 amide bonds. The molecular formula is C16H22N2O3. The number of carbonyl (C=O) groups excluding carboxylic acids is 1. The summed E-state index contributed by atoms with van der Waals surface area (Å²) in [5.74, 6) is -1.02. The lowest BCUT2D eigenvalue weighted by Crippen LogP contribution is -2.47. The third-order valence-electron chi connectivity index (χ3n) is 4.04. The Hall–Kier alpha value is -1.88. The van der Waals surface area contributed by atoms with Crippen molar-refractivity contribution in [3.8, 4) is 0 Å². The molecule has 1 aromatic rings. The van der Waals surface area contributed by atoms with Gasteiger partial charge in [-0.1, -0.05) is 30.3 Å². The van der Waals surface area contributed by atoms with E-state index in [1.807, 2.05) is 37.3 Å². The van der Waals surface area contributed by atoms with Crippen molar-refractivity contribution in [2.45, 2.75) is 32.4 Å². The Morgan fingerprint density at radius 3 is 2.67 bits per heavy atom. The summed E-state index contributed by atoms with van der Waals surface area (Å²) in [5, 5.41) is 11.9. The highest BCUT2D eigenvalue weighted by Crippen LogP contribution is 2.22. The fraction of sp³-hybridized carbons (Fsp3) is 0.500. The Labute approximate surface area is 125 Å². The van der Waals surface area contributed by atoms with Gasteiger partial charge in [0, 0.05) is 12.6 Å². The van der Waals surface area contributed by atoms with E-state index in [9.17, 15) is 9.59 Å². The topological polar surface area (TPSA) is 69.6 Å². The van der Waals surface area contributed by atoms with Gasteiger partial charge in [-0.25, -0.2) is 0 Å². The Kier molecular flexibility index (Phi) is 5.33. The van der Waals surface area contributed by atoms with Crippen molar-refractivity contribution in [1.29, 1.82) is 0 Å². The summed E-state index contributed by atoms with van der Waals surface area (Å²) in [5.41, 5.74) is 1.07. The monoisotopic (exact) mass is 290 g/mol. The molecule has 0 aliphatic carbocycles. The van der Waals surface area contributed by atoms with Crippen LogP contribution in [0.5, 0.6) is 0 Å². The number of piperidine rings is 1. The second kappa shape index (κ2) is 7.22. The number of hydrogen-bond donors (Lipinski definition) is 2. The highest BCUT2D eigenvalue weighted by molar-refractivity contribution is 5.78. The zero-order valence-corrected chi connectivity index (χ0v) is 12.3. The van der Waals surface area contributed by atoms with Gasteiger partial charge >= 0.3 is 5.97 Å². The molecule has 21 heavy (non-hydrogen) atoms. The fourth-order valence-electron chi connectivity index (χ4n) is 2.72. The lowest BCUT2D eigenvalue weighted by molar-refractivity contribution is -0.144. The van der Waals surface area contributed by atoms with Gasteiger partial charge in [0.1, 0.15) is 0 Å². The summed E-state index contributed by atoms with van der Waals surface area (Å²) < 4.78 is 0. The van der Waals surface area contributed by atoms with Crippen molar-refractivity contribution in [2.75, 3.05) is 13.1 Å². The van der Waals surface area contributed by atoms with E-state index in [0.717, 1.165) is 5.56 Å². The number of rotatable bonds is 5. The van der Waals surface area contributed by atoms with Crippen LogP contribution in [0.1, 0.15) is 25.3 Å². The summed E-state index contributed by atoms with van der Waals surface area (Å²) in [7, 11) is 0. The first-order chi connectivity index (χ1) is 10.1. The van der Waals surface area contributed by atoms with Crippen LogP contribution in [0.15, 0.2) is 30.3 Å². The first-order valence-electron chi connectivity index (χ1n) is 7.33. The van der Waals surface area contributed by atoms with Gasteiger partial charge in [0.25, 0.3) is 0 Å². The van der Waals surface area contributed by atoms with Gasteiger partial charge in [-0.15, -0.1) is 0 Å². The van der Waals surface area contributed by atoms with E-state index in [-0.39, 0.29) is 17.9 Å². The third kappa shape index (κ3) is 4.56. The lowest BCUT2D eigenvalue weighted by atomic mass is 9.92. The van der Waals surface area contributed by atoms with Gasteiger partial charge in [0.15, 0.2) is 0 Å². The van der Waals surface area contributed by atoms with Crippen molar-refractivity contribution in [3.05, 3.63) is 35.9 Å². The molecule has 5 heteroatoms. The smallest absolute Gasteiger partial charge is 0.306 e. The van der Waals surface area contributed by atoms with Crippen molar-refractivity contribution >= 4 is 11.9 Å². The molecule has 2 unspecified atom stereocenters. The van der Waals surface area contributed by atoms with Gasteiger partial charge in [-0.05, 0) is 31.9 Å². The summed E-state index contributed by atoms with van der Waals surface area (Å²) in [6.45, 7) is 3.51. The zero-order chi connectivity index (χ0) is 15.2. The van der Waals surface area contributed by atoms with Crippen LogP contribution >= 0.6 is 0 Å². The number of amides is 1. The average Bonchev–Trinajstić information content (AvgIpc) is 2.48. The van der Waals surface area contributed by atoms with Gasteiger partial charge in [0.05, 0.1) is 12.5 Å². The lowest BCUT2D eigenvalue weighted by Gasteiger charge is -2.35. The van der Waals surface area contributed by atoms with Gasteiger partial charge in [0.2, 0.25) is 5.91 Å². The molecule has 2 N–H and O–H groups in total. The minimum absolute atomic E-state index is 0.0144. The summed E-state index contributed by atoms with van der Waals surface area (Å²) >= 11 is 0. The van der Waals surface area contributed by atoms with Crippen LogP contribution in [-0.4, -0.2) is 41.0 Å². The molecule has 0 saturated carbocycles. The molecule has 1 aliphatic rings. The number of benzene rings is 1. The number of hydrogen-bond acceptors (Lipinski definition) is 3. The molecule has 1 saturated heterocycles. The third-order valence-corrected chi connectivity index (χ3v) is 4.04. The molecule has 1 aromatic carbocycles. The first-order valence-corrected chi connectivity index (χ1v) is 7.33. The second-order valence-electron chi connectivity index (χ2n) is 5.64. The van der Waals surface area contributed by atoms with Gasteiger partial charge in [-0.3, -0.25) is 14.5 Å². The van der Waals surface area contributed by atoms with E-state index in [4.69, 9.17) is 5.11 Å². The molecule has 0 radical (unpaired) electrons. The van der Waals surface area contributed by atoms with E-state index >= 15 is 0 Å². The maximum Gasteiger partial charge on any atom is 0.306 e. The summed E-state index contributed by atoms with van der Waals surface area (Å²) in [6, 6.07) is 9.91. The predicted molar refractivity (Wildman–Crippen MR) is 79.7 cm³/mol. The van der Waals surface area contributed by atoms with Crippen LogP contribution in [0.4, 0.5) is 0 Å². The molecule has 2 rings (SSSR count). The highest BCUT2D eigenvalue weighted by atomic mass is 16.4. The maximum atomic E-state index is 12.0. The van der Waals surface area contributed by atoms with E-state index < -0.39 is 5.97 Å². The molecule has 0 bridgehead atoms. The Balaban J connectivity index is 1.77. The van der Waals surface area contributed by atoms with Gasteiger partial charge < -0.3 is 10.4 Å². The number of aliphatic carboxylic acids is 1. The van der Waals surface area contributed by atoms with Crippen LogP contribution in [-0.2, 0) is 16.1 Å². The van der Waals surface area contributed by atoms with E-state index in [1.54, 1.807) is 0 Å². The minimum Gasteiger partial charge on any atom is -0.481 e.